The number of fused-ring (bicyclic) bond motifs is 1. The molecule has 2 aromatic heterocycles. The Balaban J connectivity index is 0.000000422. The van der Waals surface area contributed by atoms with Crippen molar-refractivity contribution in [1.82, 2.24) is 19.3 Å². The van der Waals surface area contributed by atoms with Crippen molar-refractivity contribution in [2.24, 2.45) is 7.05 Å². The van der Waals surface area contributed by atoms with E-state index in [0.29, 0.717) is 0 Å². The first-order valence-corrected chi connectivity index (χ1v) is 10.5. The van der Waals surface area contributed by atoms with Gasteiger partial charge in [0.05, 0.1) is 11.0 Å². The van der Waals surface area contributed by atoms with Crippen molar-refractivity contribution in [2.75, 3.05) is 0 Å². The van der Waals surface area contributed by atoms with Crippen molar-refractivity contribution < 1.29 is 4.79 Å². The predicted molar refractivity (Wildman–Crippen MR) is 122 cm³/mol. The molecule has 0 aliphatic heterocycles. The normalized spacial score (nSPS) is 10.4. The third-order valence-electron chi connectivity index (χ3n) is 3.97. The van der Waals surface area contributed by atoms with Gasteiger partial charge in [0, 0.05) is 24.6 Å². The van der Waals surface area contributed by atoms with Gasteiger partial charge in [-0.3, -0.25) is 4.79 Å². The second kappa shape index (κ2) is 11.6. The fourth-order valence-corrected chi connectivity index (χ4v) is 2.91. The Kier molecular flexibility index (Phi) is 9.87. The number of imidazole rings is 1. The fourth-order valence-electron chi connectivity index (χ4n) is 2.56. The molecule has 2 heterocycles. The van der Waals surface area contributed by atoms with Gasteiger partial charge in [-0.25, -0.2) is 9.67 Å². The number of halogens is 1. The lowest BCUT2D eigenvalue weighted by atomic mass is 10.2. The molecular weight excluding hydrogens is 416 g/mol. The number of carbonyl (C=O) groups excluding carboxylic acids is 1. The highest BCUT2D eigenvalue weighted by Crippen LogP contribution is 2.26. The summed E-state index contributed by atoms with van der Waals surface area (Å²) in [6, 6.07) is 5.96. The summed E-state index contributed by atoms with van der Waals surface area (Å²) in [5, 5.41) is 4.33. The summed E-state index contributed by atoms with van der Waals surface area (Å²) in [5.41, 5.74) is 3.58. The van der Waals surface area contributed by atoms with Gasteiger partial charge in [-0.15, -0.1) is 0 Å². The maximum Gasteiger partial charge on any atom is 0.243 e. The maximum absolute atomic E-state index is 11.4. The molecule has 1 aromatic carbocycles. The van der Waals surface area contributed by atoms with Gasteiger partial charge in [-0.2, -0.15) is 5.10 Å². The van der Waals surface area contributed by atoms with Crippen LogP contribution in [-0.4, -0.2) is 25.2 Å². The van der Waals surface area contributed by atoms with Crippen molar-refractivity contribution in [3.8, 4) is 11.5 Å². The minimum Gasteiger partial charge on any atom is -0.326 e. The van der Waals surface area contributed by atoms with Crippen LogP contribution in [0.2, 0.25) is 0 Å². The minimum atomic E-state index is -0.110. The maximum atomic E-state index is 11.4. The molecule has 0 radical (unpaired) electrons. The quantitative estimate of drug-likeness (QED) is 0.428. The van der Waals surface area contributed by atoms with E-state index < -0.39 is 0 Å². The Morgan fingerprint density at radius 3 is 2.46 bits per heavy atom. The fraction of sp³-hybridized carbons (Fsp3) is 0.409. The minimum absolute atomic E-state index is 0.110. The largest absolute Gasteiger partial charge is 0.326 e. The lowest BCUT2D eigenvalue weighted by Gasteiger charge is -2.00. The highest BCUT2D eigenvalue weighted by molar-refractivity contribution is 9.10. The number of aryl methyl sites for hydroxylation is 2. The molecule has 0 amide bonds. The van der Waals surface area contributed by atoms with Crippen molar-refractivity contribution in [3.05, 3.63) is 46.6 Å². The summed E-state index contributed by atoms with van der Waals surface area (Å²) >= 11 is 3.45. The smallest absolute Gasteiger partial charge is 0.243 e. The third-order valence-corrected chi connectivity index (χ3v) is 4.46. The molecule has 0 unspecified atom stereocenters. The monoisotopic (exact) mass is 446 g/mol. The molecule has 152 valence electrons. The molecule has 0 saturated carbocycles. The van der Waals surface area contributed by atoms with E-state index in [1.165, 1.54) is 24.4 Å². The molecule has 5 nitrogen and oxygen atoms in total. The number of unbranched alkanes of at least 4 members (excludes halogenated alkanes) is 1. The molecule has 0 aliphatic carbocycles. The van der Waals surface area contributed by atoms with Crippen LogP contribution in [0.25, 0.3) is 22.6 Å². The van der Waals surface area contributed by atoms with Gasteiger partial charge in [0.15, 0.2) is 5.82 Å². The first-order chi connectivity index (χ1) is 13.4. The van der Waals surface area contributed by atoms with Crippen LogP contribution in [0.4, 0.5) is 0 Å². The van der Waals surface area contributed by atoms with Gasteiger partial charge in [-0.1, -0.05) is 55.3 Å². The van der Waals surface area contributed by atoms with E-state index in [4.69, 9.17) is 0 Å². The number of nitrogens with zero attached hydrogens (tertiary/aromatic N) is 4. The summed E-state index contributed by atoms with van der Waals surface area (Å²) in [5.74, 6) is 0.649. The lowest BCUT2D eigenvalue weighted by Crippen LogP contribution is -2.06. The summed E-state index contributed by atoms with van der Waals surface area (Å²) in [6.45, 7) is 11.6. The Morgan fingerprint density at radius 1 is 1.29 bits per heavy atom. The first kappa shape index (κ1) is 23.8. The number of benzene rings is 1. The Bertz CT molecular complexity index is 938. The topological polar surface area (TPSA) is 52.7 Å². The number of carbonyl (C=O) groups is 1. The highest BCUT2D eigenvalue weighted by Gasteiger charge is 2.16. The third kappa shape index (κ3) is 5.89. The molecule has 0 fully saturated rings. The number of allylic oxidation sites excluding steroid dienone is 2. The summed E-state index contributed by atoms with van der Waals surface area (Å²) in [7, 11) is 1.95. The van der Waals surface area contributed by atoms with E-state index >= 15 is 0 Å². The Morgan fingerprint density at radius 2 is 1.96 bits per heavy atom. The zero-order valence-corrected chi connectivity index (χ0v) is 19.5. The number of hydrogen-bond donors (Lipinski definition) is 0. The van der Waals surface area contributed by atoms with Crippen LogP contribution in [0.5, 0.6) is 0 Å². The lowest BCUT2D eigenvalue weighted by molar-refractivity contribution is 0.0921. The summed E-state index contributed by atoms with van der Waals surface area (Å²) in [6.07, 6.45) is 8.50. The molecule has 3 aromatic rings. The molecule has 0 bridgehead atoms. The van der Waals surface area contributed by atoms with Gasteiger partial charge in [0.2, 0.25) is 5.91 Å². The second-order valence-electron chi connectivity index (χ2n) is 6.11. The van der Waals surface area contributed by atoms with Gasteiger partial charge in [-0.05, 0) is 44.0 Å². The summed E-state index contributed by atoms with van der Waals surface area (Å²) < 4.78 is 4.32. The van der Waals surface area contributed by atoms with Crippen LogP contribution >= 0.6 is 15.9 Å². The van der Waals surface area contributed by atoms with E-state index in [0.717, 1.165) is 32.6 Å². The molecule has 0 atom stereocenters. The zero-order chi connectivity index (χ0) is 21.3. The number of aromatic nitrogens is 4. The van der Waals surface area contributed by atoms with Crippen LogP contribution in [-0.2, 0) is 7.05 Å². The van der Waals surface area contributed by atoms with Crippen molar-refractivity contribution in [1.29, 1.82) is 0 Å². The van der Waals surface area contributed by atoms with Crippen LogP contribution in [0, 0.1) is 6.92 Å². The van der Waals surface area contributed by atoms with Gasteiger partial charge in [0.25, 0.3) is 0 Å². The van der Waals surface area contributed by atoms with E-state index in [1.54, 1.807) is 6.20 Å². The Hall–Kier alpha value is -2.21. The molecule has 6 heteroatoms. The van der Waals surface area contributed by atoms with Gasteiger partial charge < -0.3 is 4.57 Å². The van der Waals surface area contributed by atoms with E-state index in [-0.39, 0.29) is 5.91 Å². The zero-order valence-electron chi connectivity index (χ0n) is 18.0. The highest BCUT2D eigenvalue weighted by atomic mass is 79.9. The molecule has 28 heavy (non-hydrogen) atoms. The van der Waals surface area contributed by atoms with Crippen molar-refractivity contribution >= 4 is 32.9 Å². The number of hydrogen-bond acceptors (Lipinski definition) is 3. The average molecular weight is 447 g/mol. The second-order valence-corrected chi connectivity index (χ2v) is 7.03. The standard InChI is InChI=1S/C14H13BrN4O.C6H12.C2H6/c1-8-7-19(9(2)20)17-13(8)14-16-11-6-10(15)4-5-12(11)18(14)3;1-3-5-6-4-2;1-2/h4-7H,1-3H3;3,5H,4,6H2,1-2H3;1-2H3/b;5-3-;. The SMILES string of the molecule is C/C=C\CCC.CC.CC(=O)n1cc(C)c(-c2nc3cc(Br)ccc3n2C)n1. The summed E-state index contributed by atoms with van der Waals surface area (Å²) in [4.78, 5) is 16.0. The van der Waals surface area contributed by atoms with Crippen LogP contribution in [0.1, 0.15) is 57.8 Å². The van der Waals surface area contributed by atoms with E-state index in [2.05, 4.69) is 52.0 Å². The van der Waals surface area contributed by atoms with Crippen molar-refractivity contribution in [3.63, 3.8) is 0 Å². The Labute approximate surface area is 176 Å². The molecule has 0 N–H and O–H groups in total. The van der Waals surface area contributed by atoms with Gasteiger partial charge in [0.1, 0.15) is 5.69 Å². The average Bonchev–Trinajstić information content (AvgIpc) is 3.22. The van der Waals surface area contributed by atoms with Crippen molar-refractivity contribution in [2.45, 2.75) is 54.4 Å². The van der Waals surface area contributed by atoms with Gasteiger partial charge >= 0.3 is 0 Å². The molecule has 0 aliphatic rings. The van der Waals surface area contributed by atoms with E-state index in [9.17, 15) is 4.79 Å². The van der Waals surface area contributed by atoms with Crippen LogP contribution in [0.15, 0.2) is 41.0 Å². The predicted octanol–water partition coefficient (Wildman–Crippen LogP) is 6.56. The van der Waals surface area contributed by atoms with Crippen LogP contribution in [0.3, 0.4) is 0 Å². The number of rotatable bonds is 3. The van der Waals surface area contributed by atoms with E-state index in [1.807, 2.05) is 50.6 Å². The molecule has 0 spiro atoms. The van der Waals surface area contributed by atoms with Crippen LogP contribution < -0.4 is 0 Å². The molecule has 0 saturated heterocycles. The molecular formula is C22H31BrN4O. The first-order valence-electron chi connectivity index (χ1n) is 9.69. The molecule has 3 rings (SSSR count).